The second-order valence-corrected chi connectivity index (χ2v) is 10.6. The van der Waals surface area contributed by atoms with Crippen molar-refractivity contribution >= 4 is 21.0 Å². The molecule has 0 amide bonds. The first-order chi connectivity index (χ1) is 16.6. The van der Waals surface area contributed by atoms with Gasteiger partial charge in [0.1, 0.15) is 18.1 Å². The summed E-state index contributed by atoms with van der Waals surface area (Å²) in [5, 5.41) is 0.688. The fourth-order valence-corrected chi connectivity index (χ4v) is 5.63. The van der Waals surface area contributed by atoms with Crippen LogP contribution in [0.3, 0.4) is 0 Å². The molecule has 7 nitrogen and oxygen atoms in total. The molecular weight excluding hydrogens is 483 g/mol. The molecule has 1 N–H and O–H groups in total. The van der Waals surface area contributed by atoms with Crippen LogP contribution in [0.25, 0.3) is 10.9 Å². The summed E-state index contributed by atoms with van der Waals surface area (Å²) in [5.41, 5.74) is -2.98. The van der Waals surface area contributed by atoms with E-state index in [4.69, 9.17) is 4.74 Å². The van der Waals surface area contributed by atoms with E-state index in [1.165, 1.54) is 12.1 Å². The number of nitrogens with zero attached hydrogens (tertiary/aromatic N) is 2. The number of halogens is 3. The van der Waals surface area contributed by atoms with Crippen LogP contribution in [-0.4, -0.2) is 68.5 Å². The Kier molecular flexibility index (Phi) is 5.97. The second kappa shape index (κ2) is 8.72. The number of aromatic amines is 1. The Morgan fingerprint density at radius 3 is 2.60 bits per heavy atom. The van der Waals surface area contributed by atoms with Crippen molar-refractivity contribution in [3.8, 4) is 11.5 Å². The molecule has 3 heterocycles. The lowest BCUT2D eigenvalue weighted by atomic mass is 9.84. The van der Waals surface area contributed by atoms with E-state index in [1.54, 1.807) is 6.07 Å². The van der Waals surface area contributed by atoms with Gasteiger partial charge in [0.15, 0.2) is 0 Å². The molecule has 35 heavy (non-hydrogen) atoms. The highest BCUT2D eigenvalue weighted by atomic mass is 32.2. The van der Waals surface area contributed by atoms with E-state index in [9.17, 15) is 21.6 Å². The molecule has 3 aromatic rings. The van der Waals surface area contributed by atoms with E-state index in [0.29, 0.717) is 18.4 Å². The minimum absolute atomic E-state index is 0.265. The third-order valence-corrected chi connectivity index (χ3v) is 7.99. The minimum Gasteiger partial charge on any atom is -0.492 e. The summed E-state index contributed by atoms with van der Waals surface area (Å²) in [4.78, 5) is 8.15. The van der Waals surface area contributed by atoms with Gasteiger partial charge in [0.2, 0.25) is 0 Å². The molecule has 5 rings (SSSR count). The van der Waals surface area contributed by atoms with Crippen molar-refractivity contribution in [2.45, 2.75) is 23.9 Å². The predicted molar refractivity (Wildman–Crippen MR) is 125 cm³/mol. The molecule has 0 radical (unpaired) electrons. The largest absolute Gasteiger partial charge is 0.534 e. The van der Waals surface area contributed by atoms with Crippen LogP contribution in [0.1, 0.15) is 17.7 Å². The maximum absolute atomic E-state index is 12.8. The Morgan fingerprint density at radius 1 is 1.09 bits per heavy atom. The highest BCUT2D eigenvalue weighted by Crippen LogP contribution is 2.44. The average molecular weight is 510 g/mol. The van der Waals surface area contributed by atoms with Crippen LogP contribution in [0.5, 0.6) is 11.5 Å². The van der Waals surface area contributed by atoms with Crippen molar-refractivity contribution in [3.05, 3.63) is 59.8 Å². The van der Waals surface area contributed by atoms with Crippen molar-refractivity contribution in [1.29, 1.82) is 0 Å². The monoisotopic (exact) mass is 509 g/mol. The van der Waals surface area contributed by atoms with Crippen LogP contribution in [0.15, 0.2) is 48.5 Å². The van der Waals surface area contributed by atoms with Crippen LogP contribution < -0.4 is 8.92 Å². The molecule has 1 saturated heterocycles. The number of likely N-dealkylation sites (tertiary alicyclic amines) is 1. The number of hydrogen-bond acceptors (Lipinski definition) is 6. The number of alkyl halides is 3. The quantitative estimate of drug-likeness (QED) is 0.402. The molecule has 1 unspecified atom stereocenters. The lowest BCUT2D eigenvalue weighted by Crippen LogP contribution is -2.50. The maximum Gasteiger partial charge on any atom is 0.534 e. The summed E-state index contributed by atoms with van der Waals surface area (Å²) in [6, 6.07) is 13.9. The van der Waals surface area contributed by atoms with Gasteiger partial charge in [0.05, 0.1) is 5.54 Å². The van der Waals surface area contributed by atoms with Crippen molar-refractivity contribution in [1.82, 2.24) is 14.8 Å². The Morgan fingerprint density at radius 2 is 1.86 bits per heavy atom. The molecule has 188 valence electrons. The molecule has 2 aromatic carbocycles. The first-order valence-electron chi connectivity index (χ1n) is 11.4. The van der Waals surface area contributed by atoms with Gasteiger partial charge in [-0.1, -0.05) is 18.2 Å². The van der Waals surface area contributed by atoms with Gasteiger partial charge in [0.25, 0.3) is 0 Å². The smallest absolute Gasteiger partial charge is 0.492 e. The molecule has 1 atom stereocenters. The molecule has 0 saturated carbocycles. The Labute approximate surface area is 201 Å². The van der Waals surface area contributed by atoms with Crippen molar-refractivity contribution in [3.63, 3.8) is 0 Å². The zero-order valence-corrected chi connectivity index (χ0v) is 20.0. The summed E-state index contributed by atoms with van der Waals surface area (Å²) in [7, 11) is -3.64. The number of ether oxygens (including phenoxy) is 1. The van der Waals surface area contributed by atoms with Crippen molar-refractivity contribution < 1.29 is 30.5 Å². The maximum atomic E-state index is 12.8. The molecule has 11 heteroatoms. The number of hydrogen-bond donors (Lipinski definition) is 1. The Hall–Kier alpha value is -2.76. The molecular formula is C24H26F3N3O4S. The van der Waals surface area contributed by atoms with Crippen LogP contribution in [-0.2, 0) is 22.1 Å². The number of rotatable bonds is 6. The fourth-order valence-electron chi connectivity index (χ4n) is 5.18. The minimum atomic E-state index is -5.73. The number of para-hydroxylation sites is 1. The summed E-state index contributed by atoms with van der Waals surface area (Å²) in [6.07, 6.45) is 1.58. The van der Waals surface area contributed by atoms with Gasteiger partial charge in [0, 0.05) is 42.8 Å². The average Bonchev–Trinajstić information content (AvgIpc) is 3.39. The van der Waals surface area contributed by atoms with Gasteiger partial charge >= 0.3 is 15.6 Å². The number of H-pyrrole nitrogens is 1. The van der Waals surface area contributed by atoms with Gasteiger partial charge < -0.3 is 13.9 Å². The van der Waals surface area contributed by atoms with E-state index < -0.39 is 15.6 Å². The van der Waals surface area contributed by atoms with Crippen LogP contribution in [0, 0.1) is 0 Å². The highest BCUT2D eigenvalue weighted by molar-refractivity contribution is 7.88. The first-order valence-corrected chi connectivity index (χ1v) is 12.8. The van der Waals surface area contributed by atoms with Crippen molar-refractivity contribution in [2.24, 2.45) is 0 Å². The highest BCUT2D eigenvalue weighted by Gasteiger charge is 2.49. The third-order valence-electron chi connectivity index (χ3n) is 7.01. The third kappa shape index (κ3) is 4.36. The molecule has 2 aliphatic rings. The number of likely N-dealkylation sites (N-methyl/N-ethyl adjacent to an activating group) is 1. The SMILES string of the molecule is CN1CCc2c([nH]c3ccc(OS(=O)(=O)C(F)(F)F)cc23)C12CCN(CCOc1ccccc1)C2. The van der Waals surface area contributed by atoms with E-state index in [2.05, 4.69) is 26.0 Å². The second-order valence-electron chi connectivity index (χ2n) is 9.06. The summed E-state index contributed by atoms with van der Waals surface area (Å²) in [5.74, 6) is 0.482. The zero-order chi connectivity index (χ0) is 24.8. The predicted octanol–water partition coefficient (Wildman–Crippen LogP) is 3.86. The zero-order valence-electron chi connectivity index (χ0n) is 19.1. The Bertz CT molecular complexity index is 1330. The van der Waals surface area contributed by atoms with Gasteiger partial charge in [-0.2, -0.15) is 21.6 Å². The standard InChI is InChI=1S/C24H26F3N3O4S/c1-29-11-9-19-20-15-18(34-35(31,32)24(25,26)27)7-8-21(20)28-22(19)23(29)10-12-30(16-23)13-14-33-17-5-3-2-4-6-17/h2-8,15,28H,9-14,16H2,1H3. The summed E-state index contributed by atoms with van der Waals surface area (Å²) >= 11 is 0. The number of aromatic nitrogens is 1. The van der Waals surface area contributed by atoms with Gasteiger partial charge in [-0.25, -0.2) is 0 Å². The molecule has 0 bridgehead atoms. The van der Waals surface area contributed by atoms with Crippen LogP contribution >= 0.6 is 0 Å². The van der Waals surface area contributed by atoms with Gasteiger partial charge in [-0.15, -0.1) is 0 Å². The van der Waals surface area contributed by atoms with E-state index in [1.807, 2.05) is 30.3 Å². The van der Waals surface area contributed by atoms with Gasteiger partial charge in [-0.3, -0.25) is 9.80 Å². The first kappa shape index (κ1) is 24.0. The summed E-state index contributed by atoms with van der Waals surface area (Å²) < 4.78 is 71.5. The van der Waals surface area contributed by atoms with E-state index in [0.717, 1.165) is 55.1 Å². The number of benzene rings is 2. The number of fused-ring (bicyclic) bond motifs is 4. The molecule has 1 aromatic heterocycles. The van der Waals surface area contributed by atoms with Crippen molar-refractivity contribution in [2.75, 3.05) is 39.8 Å². The van der Waals surface area contributed by atoms with E-state index in [-0.39, 0.29) is 11.3 Å². The lowest BCUT2D eigenvalue weighted by molar-refractivity contribution is -0.0500. The van der Waals surface area contributed by atoms with Gasteiger partial charge in [-0.05, 0) is 55.8 Å². The summed E-state index contributed by atoms with van der Waals surface area (Å²) in [6.45, 7) is 3.79. The normalized spacial score (nSPS) is 21.5. The Balaban J connectivity index is 1.38. The molecule has 2 aliphatic heterocycles. The fraction of sp³-hybridized carbons (Fsp3) is 0.417. The molecule has 1 fully saturated rings. The lowest BCUT2D eigenvalue weighted by Gasteiger charge is -2.42. The van der Waals surface area contributed by atoms with Crippen LogP contribution in [0.4, 0.5) is 13.2 Å². The van der Waals surface area contributed by atoms with E-state index >= 15 is 0 Å². The molecule has 0 aliphatic carbocycles. The topological polar surface area (TPSA) is 74.9 Å². The van der Waals surface area contributed by atoms with Crippen LogP contribution in [0.2, 0.25) is 0 Å². The number of nitrogens with one attached hydrogen (secondary N) is 1. The molecule has 1 spiro atoms.